The van der Waals surface area contributed by atoms with Crippen LogP contribution in [0.25, 0.3) is 0 Å². The van der Waals surface area contributed by atoms with Gasteiger partial charge in [0.2, 0.25) is 10.0 Å². The van der Waals surface area contributed by atoms with Crippen molar-refractivity contribution in [3.63, 3.8) is 0 Å². The lowest BCUT2D eigenvalue weighted by molar-refractivity contribution is 0.353. The molecule has 0 heterocycles. The minimum Gasteiger partial charge on any atom is -0.493 e. The Bertz CT molecular complexity index is 649. The molecule has 116 valence electrons. The summed E-state index contributed by atoms with van der Waals surface area (Å²) in [4.78, 5) is 0.0160. The Kier molecular flexibility index (Phi) is 5.20. The molecule has 0 amide bonds. The van der Waals surface area contributed by atoms with E-state index in [0.717, 1.165) is 0 Å². The number of hydrogen-bond acceptors (Lipinski definition) is 5. The number of methoxy groups -OCH3 is 2. The molecule has 0 aliphatic rings. The molecule has 1 atom stereocenters. The Balaban J connectivity index is 3.24. The molecule has 0 radical (unpaired) electrons. The third-order valence-electron chi connectivity index (χ3n) is 3.40. The van der Waals surface area contributed by atoms with Crippen LogP contribution in [0.15, 0.2) is 23.1 Å². The summed E-state index contributed by atoms with van der Waals surface area (Å²) < 4.78 is 37.4. The first-order valence-corrected chi connectivity index (χ1v) is 7.85. The second-order valence-electron chi connectivity index (χ2n) is 5.09. The number of ether oxygens (including phenoxy) is 2. The minimum atomic E-state index is -3.84. The molecule has 1 aromatic rings. The molecule has 7 heteroatoms. The Labute approximate surface area is 125 Å². The summed E-state index contributed by atoms with van der Waals surface area (Å²) in [6, 6.07) is 6.28. The summed E-state index contributed by atoms with van der Waals surface area (Å²) >= 11 is 0. The van der Waals surface area contributed by atoms with E-state index in [2.05, 4.69) is 4.72 Å². The third-order valence-corrected chi connectivity index (χ3v) is 4.97. The second-order valence-corrected chi connectivity index (χ2v) is 6.77. The molecule has 1 N–H and O–H groups in total. The fourth-order valence-corrected chi connectivity index (χ4v) is 3.06. The van der Waals surface area contributed by atoms with Crippen molar-refractivity contribution in [1.29, 1.82) is 5.26 Å². The van der Waals surface area contributed by atoms with Crippen molar-refractivity contribution in [3.05, 3.63) is 18.2 Å². The first-order chi connectivity index (χ1) is 9.70. The van der Waals surface area contributed by atoms with Crippen LogP contribution < -0.4 is 14.2 Å². The van der Waals surface area contributed by atoms with Gasteiger partial charge in [-0.25, -0.2) is 8.42 Å². The van der Waals surface area contributed by atoms with E-state index in [-0.39, 0.29) is 10.8 Å². The SMILES string of the molecule is COc1ccc(S(=O)(=O)N[C@](C)(C#N)C(C)C)cc1OC. The molecule has 0 aliphatic heterocycles. The highest BCUT2D eigenvalue weighted by atomic mass is 32.2. The second kappa shape index (κ2) is 6.33. The number of nitriles is 1. The largest absolute Gasteiger partial charge is 0.493 e. The normalized spacial score (nSPS) is 14.3. The first-order valence-electron chi connectivity index (χ1n) is 6.37. The van der Waals surface area contributed by atoms with Gasteiger partial charge in [-0.2, -0.15) is 9.98 Å². The van der Waals surface area contributed by atoms with Crippen molar-refractivity contribution in [2.45, 2.75) is 31.2 Å². The lowest BCUT2D eigenvalue weighted by Gasteiger charge is -2.27. The van der Waals surface area contributed by atoms with Gasteiger partial charge < -0.3 is 9.47 Å². The first kappa shape index (κ1) is 17.3. The lowest BCUT2D eigenvalue weighted by atomic mass is 9.92. The Morgan fingerprint density at radius 3 is 2.24 bits per heavy atom. The maximum atomic E-state index is 12.4. The zero-order valence-electron chi connectivity index (χ0n) is 12.8. The smallest absolute Gasteiger partial charge is 0.242 e. The highest BCUT2D eigenvalue weighted by Crippen LogP contribution is 2.30. The standard InChI is InChI=1S/C14H20N2O4S/c1-10(2)14(3,9-15)16-21(17,18)11-6-7-12(19-4)13(8-11)20-5/h6-8,10,16H,1-5H3/t14-/m1/s1. The van der Waals surface area contributed by atoms with E-state index >= 15 is 0 Å². The van der Waals surface area contributed by atoms with E-state index in [1.807, 2.05) is 6.07 Å². The van der Waals surface area contributed by atoms with Crippen LogP contribution in [0, 0.1) is 17.2 Å². The summed E-state index contributed by atoms with van der Waals surface area (Å²) in [7, 11) is -0.947. The van der Waals surface area contributed by atoms with Crippen LogP contribution in [-0.4, -0.2) is 28.2 Å². The van der Waals surface area contributed by atoms with Gasteiger partial charge in [0.1, 0.15) is 5.54 Å². The number of rotatable bonds is 6. The van der Waals surface area contributed by atoms with E-state index in [1.54, 1.807) is 20.8 Å². The van der Waals surface area contributed by atoms with Gasteiger partial charge in [0.25, 0.3) is 0 Å². The molecular formula is C14H20N2O4S. The maximum absolute atomic E-state index is 12.4. The molecule has 0 aliphatic carbocycles. The third kappa shape index (κ3) is 3.65. The van der Waals surface area contributed by atoms with Crippen LogP contribution in [0.5, 0.6) is 11.5 Å². The van der Waals surface area contributed by atoms with Crippen molar-refractivity contribution in [2.75, 3.05) is 14.2 Å². The quantitative estimate of drug-likeness (QED) is 0.867. The van der Waals surface area contributed by atoms with Crippen molar-refractivity contribution in [3.8, 4) is 17.6 Å². The predicted molar refractivity (Wildman–Crippen MR) is 78.7 cm³/mol. The molecule has 1 rings (SSSR count). The highest BCUT2D eigenvalue weighted by Gasteiger charge is 2.34. The number of nitrogens with one attached hydrogen (secondary N) is 1. The van der Waals surface area contributed by atoms with Crippen LogP contribution in [0.3, 0.4) is 0 Å². The molecule has 0 unspecified atom stereocenters. The van der Waals surface area contributed by atoms with Crippen LogP contribution >= 0.6 is 0 Å². The summed E-state index contributed by atoms with van der Waals surface area (Å²) in [5.41, 5.74) is -1.19. The monoisotopic (exact) mass is 312 g/mol. The average Bonchev–Trinajstić information content (AvgIpc) is 2.45. The molecular weight excluding hydrogens is 292 g/mol. The van der Waals surface area contributed by atoms with E-state index in [4.69, 9.17) is 9.47 Å². The molecule has 6 nitrogen and oxygen atoms in total. The fourth-order valence-electron chi connectivity index (χ4n) is 1.59. The van der Waals surface area contributed by atoms with Crippen molar-refractivity contribution in [1.82, 2.24) is 4.72 Å². The fraction of sp³-hybridized carbons (Fsp3) is 0.500. The molecule has 1 aromatic carbocycles. The molecule has 0 saturated carbocycles. The van der Waals surface area contributed by atoms with Gasteiger partial charge in [-0.15, -0.1) is 0 Å². The van der Waals surface area contributed by atoms with Crippen LogP contribution in [0.1, 0.15) is 20.8 Å². The van der Waals surface area contributed by atoms with E-state index < -0.39 is 15.6 Å². The maximum Gasteiger partial charge on any atom is 0.242 e. The van der Waals surface area contributed by atoms with Crippen LogP contribution in [0.4, 0.5) is 0 Å². The van der Waals surface area contributed by atoms with Gasteiger partial charge in [-0.3, -0.25) is 0 Å². The molecule has 21 heavy (non-hydrogen) atoms. The zero-order chi connectivity index (χ0) is 16.3. The summed E-state index contributed by atoms with van der Waals surface area (Å²) in [6.07, 6.45) is 0. The van der Waals surface area contributed by atoms with E-state index in [9.17, 15) is 13.7 Å². The number of hydrogen-bond donors (Lipinski definition) is 1. The number of nitrogens with zero attached hydrogens (tertiary/aromatic N) is 1. The average molecular weight is 312 g/mol. The molecule has 0 spiro atoms. The van der Waals surface area contributed by atoms with Gasteiger partial charge in [-0.05, 0) is 25.0 Å². The van der Waals surface area contributed by atoms with Gasteiger partial charge in [-0.1, -0.05) is 13.8 Å². The summed E-state index contributed by atoms with van der Waals surface area (Å²) in [5.74, 6) is 0.560. The number of sulfonamides is 1. The lowest BCUT2D eigenvalue weighted by Crippen LogP contribution is -2.48. The summed E-state index contributed by atoms with van der Waals surface area (Å²) in [6.45, 7) is 5.11. The topological polar surface area (TPSA) is 88.4 Å². The zero-order valence-corrected chi connectivity index (χ0v) is 13.6. The predicted octanol–water partition coefficient (Wildman–Crippen LogP) is 1.92. The van der Waals surface area contributed by atoms with Crippen LogP contribution in [-0.2, 0) is 10.0 Å². The highest BCUT2D eigenvalue weighted by molar-refractivity contribution is 7.89. The van der Waals surface area contributed by atoms with Gasteiger partial charge in [0.15, 0.2) is 11.5 Å². The van der Waals surface area contributed by atoms with Crippen molar-refractivity contribution < 1.29 is 17.9 Å². The van der Waals surface area contributed by atoms with E-state index in [0.29, 0.717) is 11.5 Å². The van der Waals surface area contributed by atoms with Crippen LogP contribution in [0.2, 0.25) is 0 Å². The van der Waals surface area contributed by atoms with Gasteiger partial charge >= 0.3 is 0 Å². The molecule has 0 fully saturated rings. The van der Waals surface area contributed by atoms with Crippen molar-refractivity contribution in [2.24, 2.45) is 5.92 Å². The Morgan fingerprint density at radius 2 is 1.81 bits per heavy atom. The van der Waals surface area contributed by atoms with E-state index in [1.165, 1.54) is 32.4 Å². The van der Waals surface area contributed by atoms with Gasteiger partial charge in [0.05, 0.1) is 25.2 Å². The summed E-state index contributed by atoms with van der Waals surface area (Å²) in [5, 5.41) is 9.23. The Morgan fingerprint density at radius 1 is 1.24 bits per heavy atom. The van der Waals surface area contributed by atoms with Crippen molar-refractivity contribution >= 4 is 10.0 Å². The Hall–Kier alpha value is -1.78. The molecule has 0 saturated heterocycles. The number of benzene rings is 1. The molecule has 0 bridgehead atoms. The van der Waals surface area contributed by atoms with Gasteiger partial charge in [0, 0.05) is 6.07 Å². The molecule has 0 aromatic heterocycles. The minimum absolute atomic E-state index is 0.0160.